The van der Waals surface area contributed by atoms with Crippen LogP contribution < -0.4 is 25.7 Å². The van der Waals surface area contributed by atoms with Crippen LogP contribution in [0, 0.1) is 0 Å². The van der Waals surface area contributed by atoms with Crippen molar-refractivity contribution >= 4 is 16.9 Å². The van der Waals surface area contributed by atoms with Crippen molar-refractivity contribution in [3.8, 4) is 22.9 Å². The van der Waals surface area contributed by atoms with Crippen LogP contribution in [0.5, 0.6) is 11.5 Å². The summed E-state index contributed by atoms with van der Waals surface area (Å²) in [4.78, 5) is 33.6. The first-order valence-electron chi connectivity index (χ1n) is 13.5. The number of rotatable bonds is 6. The summed E-state index contributed by atoms with van der Waals surface area (Å²) in [5.74, 6) is 0.586. The summed E-state index contributed by atoms with van der Waals surface area (Å²) in [6.07, 6.45) is 0.103. The van der Waals surface area contributed by atoms with Crippen LogP contribution in [0.3, 0.4) is 0 Å². The molecule has 6 heterocycles. The highest BCUT2D eigenvalue weighted by molar-refractivity contribution is 5.91. The molecule has 39 heavy (non-hydrogen) atoms. The molecule has 3 aromatic rings. The summed E-state index contributed by atoms with van der Waals surface area (Å²) in [6, 6.07) is 5.60. The van der Waals surface area contributed by atoms with Crippen molar-refractivity contribution in [1.29, 1.82) is 0 Å². The summed E-state index contributed by atoms with van der Waals surface area (Å²) in [5, 5.41) is 19.1. The minimum Gasteiger partial charge on any atom is -0.458 e. The van der Waals surface area contributed by atoms with E-state index in [9.17, 15) is 14.7 Å². The molecule has 11 nitrogen and oxygen atoms in total. The normalized spacial score (nSPS) is 21.5. The van der Waals surface area contributed by atoms with Gasteiger partial charge in [0.15, 0.2) is 17.1 Å². The van der Waals surface area contributed by atoms with E-state index in [1.165, 1.54) is 0 Å². The van der Waals surface area contributed by atoms with Gasteiger partial charge >= 0.3 is 5.97 Å². The number of carbonyl (C=O) groups excluding carboxylic acids is 1. The smallest absolute Gasteiger partial charge is 0.343 e. The fraction of sp³-hybridized carbons (Fsp3) is 0.464. The van der Waals surface area contributed by atoms with Gasteiger partial charge in [-0.1, -0.05) is 6.92 Å². The monoisotopic (exact) mass is 533 g/mol. The number of ether oxygens (including phenoxy) is 3. The Morgan fingerprint density at radius 3 is 2.69 bits per heavy atom. The van der Waals surface area contributed by atoms with Crippen molar-refractivity contribution in [2.45, 2.75) is 38.6 Å². The number of aromatic nitrogens is 2. The lowest BCUT2D eigenvalue weighted by Crippen LogP contribution is -2.45. The van der Waals surface area contributed by atoms with Crippen LogP contribution >= 0.6 is 0 Å². The largest absolute Gasteiger partial charge is 0.458 e. The lowest BCUT2D eigenvalue weighted by molar-refractivity contribution is -0.172. The molecule has 1 atom stereocenters. The van der Waals surface area contributed by atoms with Crippen LogP contribution in [0.25, 0.3) is 22.3 Å². The molecule has 2 aromatic heterocycles. The summed E-state index contributed by atoms with van der Waals surface area (Å²) in [5.41, 5.74) is 2.51. The van der Waals surface area contributed by atoms with Crippen LogP contribution in [-0.4, -0.2) is 71.6 Å². The first kappa shape index (κ1) is 24.5. The zero-order chi connectivity index (χ0) is 26.7. The number of hydrogen-bond acceptors (Lipinski definition) is 10. The maximum atomic E-state index is 13.7. The van der Waals surface area contributed by atoms with Crippen molar-refractivity contribution in [1.82, 2.24) is 25.1 Å². The van der Waals surface area contributed by atoms with Gasteiger partial charge in [-0.15, -0.1) is 0 Å². The molecule has 0 aliphatic carbocycles. The number of fused-ring (bicyclic) bond motifs is 6. The van der Waals surface area contributed by atoms with E-state index in [0.29, 0.717) is 47.1 Å². The van der Waals surface area contributed by atoms with Gasteiger partial charge in [-0.05, 0) is 24.1 Å². The number of pyridine rings is 2. The second-order valence-corrected chi connectivity index (χ2v) is 10.5. The lowest BCUT2D eigenvalue weighted by Gasteiger charge is -2.31. The highest BCUT2D eigenvalue weighted by Crippen LogP contribution is 2.43. The van der Waals surface area contributed by atoms with Crippen LogP contribution in [0.4, 0.5) is 0 Å². The van der Waals surface area contributed by atoms with Gasteiger partial charge in [-0.25, -0.2) is 9.78 Å². The number of benzene rings is 1. The average Bonchev–Trinajstić information content (AvgIpc) is 3.57. The minimum atomic E-state index is -1.86. The van der Waals surface area contributed by atoms with Gasteiger partial charge < -0.3 is 34.5 Å². The highest BCUT2D eigenvalue weighted by atomic mass is 16.7. The molecular formula is C28H31N5O6. The third-order valence-electron chi connectivity index (χ3n) is 8.42. The van der Waals surface area contributed by atoms with Gasteiger partial charge in [0, 0.05) is 68.4 Å². The summed E-state index contributed by atoms with van der Waals surface area (Å²) >= 11 is 0. The zero-order valence-electron chi connectivity index (χ0n) is 21.8. The quantitative estimate of drug-likeness (QED) is 0.242. The predicted molar refractivity (Wildman–Crippen MR) is 142 cm³/mol. The van der Waals surface area contributed by atoms with Crippen molar-refractivity contribution in [3.63, 3.8) is 0 Å². The Hall–Kier alpha value is -3.51. The lowest BCUT2D eigenvalue weighted by atomic mass is 9.86. The maximum absolute atomic E-state index is 13.7. The SMILES string of the molecule is CC[C@@]1(O)C(=O)OCc2c1cc1n(c2=O)Cc2c-1nc1cc3c(cc1c2CNCCN1CCNCC1)OCO3. The molecule has 1 fully saturated rings. The molecule has 11 heteroatoms. The zero-order valence-corrected chi connectivity index (χ0v) is 21.8. The van der Waals surface area contributed by atoms with Crippen molar-refractivity contribution in [3.05, 3.63) is 50.8 Å². The topological polar surface area (TPSA) is 127 Å². The molecule has 0 bridgehead atoms. The van der Waals surface area contributed by atoms with Gasteiger partial charge in [-0.3, -0.25) is 9.69 Å². The van der Waals surface area contributed by atoms with Crippen LogP contribution in [-0.2, 0) is 34.8 Å². The summed E-state index contributed by atoms with van der Waals surface area (Å²) in [7, 11) is 0. The summed E-state index contributed by atoms with van der Waals surface area (Å²) in [6.45, 7) is 8.54. The van der Waals surface area contributed by atoms with E-state index in [-0.39, 0.29) is 25.4 Å². The Balaban J connectivity index is 1.32. The first-order valence-corrected chi connectivity index (χ1v) is 13.5. The number of cyclic esters (lactones) is 1. The molecule has 204 valence electrons. The molecule has 0 radical (unpaired) electrons. The molecule has 4 aliphatic rings. The fourth-order valence-electron chi connectivity index (χ4n) is 6.14. The first-order chi connectivity index (χ1) is 19.0. The molecule has 0 saturated carbocycles. The van der Waals surface area contributed by atoms with Crippen molar-refractivity contribution in [2.75, 3.05) is 46.1 Å². The van der Waals surface area contributed by atoms with E-state index >= 15 is 0 Å². The number of nitrogens with one attached hydrogen (secondary N) is 2. The molecule has 0 amide bonds. The van der Waals surface area contributed by atoms with Gasteiger partial charge in [0.1, 0.15) is 6.61 Å². The van der Waals surface area contributed by atoms with Crippen LogP contribution in [0.15, 0.2) is 23.0 Å². The molecule has 3 N–H and O–H groups in total. The van der Waals surface area contributed by atoms with Gasteiger partial charge in [-0.2, -0.15) is 0 Å². The molecule has 0 spiro atoms. The molecule has 1 aromatic carbocycles. The van der Waals surface area contributed by atoms with E-state index in [0.717, 1.165) is 61.3 Å². The second-order valence-electron chi connectivity index (χ2n) is 10.5. The van der Waals surface area contributed by atoms with Crippen molar-refractivity contribution < 1.29 is 24.1 Å². The molecule has 0 unspecified atom stereocenters. The van der Waals surface area contributed by atoms with Gasteiger partial charge in [0.25, 0.3) is 5.56 Å². The fourth-order valence-corrected chi connectivity index (χ4v) is 6.14. The number of esters is 1. The molecule has 1 saturated heterocycles. The maximum Gasteiger partial charge on any atom is 0.343 e. The number of piperazine rings is 1. The van der Waals surface area contributed by atoms with Crippen LogP contribution in [0.1, 0.15) is 35.6 Å². The Morgan fingerprint density at radius 2 is 1.90 bits per heavy atom. The highest BCUT2D eigenvalue weighted by Gasteiger charge is 2.45. The number of hydrogen-bond donors (Lipinski definition) is 3. The summed E-state index contributed by atoms with van der Waals surface area (Å²) < 4.78 is 18.2. The standard InChI is InChI=1S/C28H31N5O6/c1-2-28(36)20-10-22-25-18(13-33(22)26(34)19(20)14-37-27(28)35)17(12-30-5-8-32-6-3-29-4-7-32)16-9-23-24(39-15-38-23)11-21(16)31-25/h9-11,29-30,36H,2-8,12-15H2,1H3/t28-/m0/s1. The second kappa shape index (κ2) is 9.30. The van der Waals surface area contributed by atoms with E-state index < -0.39 is 11.6 Å². The number of carbonyl (C=O) groups is 1. The minimum absolute atomic E-state index is 0.103. The number of nitrogens with zero attached hydrogens (tertiary/aromatic N) is 3. The predicted octanol–water partition coefficient (Wildman–Crippen LogP) is 0.803. The van der Waals surface area contributed by atoms with Gasteiger partial charge in [0.05, 0.1) is 29.0 Å². The third kappa shape index (κ3) is 3.83. The van der Waals surface area contributed by atoms with Gasteiger partial charge in [0.2, 0.25) is 6.79 Å². The Bertz CT molecular complexity index is 1560. The molecular weight excluding hydrogens is 502 g/mol. The Morgan fingerprint density at radius 1 is 1.10 bits per heavy atom. The third-order valence-corrected chi connectivity index (χ3v) is 8.42. The van der Waals surface area contributed by atoms with Crippen LogP contribution in [0.2, 0.25) is 0 Å². The van der Waals surface area contributed by atoms with E-state index in [2.05, 4.69) is 15.5 Å². The average molecular weight is 534 g/mol. The van der Waals surface area contributed by atoms with Crippen molar-refractivity contribution in [2.24, 2.45) is 0 Å². The molecule has 4 aliphatic heterocycles. The molecule has 7 rings (SSSR count). The Labute approximate surface area is 224 Å². The van der Waals surface area contributed by atoms with E-state index in [1.807, 2.05) is 12.1 Å². The van der Waals surface area contributed by atoms with E-state index in [1.54, 1.807) is 17.6 Å². The Kier molecular flexibility index (Phi) is 5.85. The van der Waals surface area contributed by atoms with E-state index in [4.69, 9.17) is 19.2 Å². The number of aliphatic hydroxyl groups is 1.